The Bertz CT molecular complexity index is 965. The predicted molar refractivity (Wildman–Crippen MR) is 103 cm³/mol. The lowest BCUT2D eigenvalue weighted by Gasteiger charge is -2.27. The number of anilines is 1. The molecule has 0 saturated heterocycles. The number of hydrogen-bond acceptors (Lipinski definition) is 4. The zero-order valence-electron chi connectivity index (χ0n) is 15.9. The molecule has 0 fully saturated rings. The van der Waals surface area contributed by atoms with Gasteiger partial charge in [0.05, 0.1) is 24.0 Å². The van der Waals surface area contributed by atoms with E-state index < -0.39 is 0 Å². The van der Waals surface area contributed by atoms with Gasteiger partial charge >= 0.3 is 0 Å². The van der Waals surface area contributed by atoms with E-state index in [1.54, 1.807) is 17.1 Å². The van der Waals surface area contributed by atoms with Gasteiger partial charge < -0.3 is 5.32 Å². The third-order valence-corrected chi connectivity index (χ3v) is 4.96. The fourth-order valence-electron chi connectivity index (χ4n) is 3.52. The van der Waals surface area contributed by atoms with Gasteiger partial charge in [0.1, 0.15) is 5.82 Å². The van der Waals surface area contributed by atoms with Crippen LogP contribution in [0.25, 0.3) is 0 Å². The second-order valence-electron chi connectivity index (χ2n) is 7.94. The normalized spacial score (nSPS) is 16.8. The molecular weight excluding hydrogens is 340 g/mol. The Morgan fingerprint density at radius 1 is 1.22 bits per heavy atom. The molecule has 3 aromatic rings. The summed E-state index contributed by atoms with van der Waals surface area (Å²) in [4.78, 5) is 12.7. The summed E-state index contributed by atoms with van der Waals surface area (Å²) in [7, 11) is 0. The fraction of sp³-hybridized carbons (Fsp3) is 0.400. The first-order valence-corrected chi connectivity index (χ1v) is 9.29. The molecule has 1 atom stereocenters. The van der Waals surface area contributed by atoms with Crippen LogP contribution in [0, 0.1) is 0 Å². The van der Waals surface area contributed by atoms with E-state index in [-0.39, 0.29) is 17.5 Å². The van der Waals surface area contributed by atoms with Crippen molar-refractivity contribution in [2.45, 2.75) is 51.6 Å². The van der Waals surface area contributed by atoms with Gasteiger partial charge in [-0.05, 0) is 51.2 Å². The van der Waals surface area contributed by atoms with Gasteiger partial charge in [0, 0.05) is 6.07 Å². The van der Waals surface area contributed by atoms with Gasteiger partial charge in [-0.1, -0.05) is 29.5 Å². The highest BCUT2D eigenvalue weighted by Crippen LogP contribution is 2.34. The molecule has 0 saturated carbocycles. The maximum Gasteiger partial charge on any atom is 0.278 e. The largest absolute Gasteiger partial charge is 0.305 e. The van der Waals surface area contributed by atoms with Crippen LogP contribution in [0.1, 0.15) is 61.3 Å². The minimum Gasteiger partial charge on any atom is -0.305 e. The van der Waals surface area contributed by atoms with Gasteiger partial charge in [0.2, 0.25) is 0 Å². The number of carbonyl (C=O) groups excluding carboxylic acids is 1. The molecule has 140 valence electrons. The number of hydrogen-bond donors (Lipinski definition) is 1. The third kappa shape index (κ3) is 3.37. The van der Waals surface area contributed by atoms with Crippen molar-refractivity contribution in [1.29, 1.82) is 0 Å². The van der Waals surface area contributed by atoms with Gasteiger partial charge in [-0.3, -0.25) is 4.79 Å². The minimum atomic E-state index is -0.281. The molecule has 0 bridgehead atoms. The molecule has 2 heterocycles. The van der Waals surface area contributed by atoms with Gasteiger partial charge in [-0.25, -0.2) is 9.36 Å². The summed E-state index contributed by atoms with van der Waals surface area (Å²) in [6.45, 7) is 6.04. The van der Waals surface area contributed by atoms with Gasteiger partial charge in [-0.2, -0.15) is 5.10 Å². The zero-order valence-corrected chi connectivity index (χ0v) is 15.9. The molecule has 1 aliphatic carbocycles. The maximum absolute atomic E-state index is 12.7. The SMILES string of the molecule is CC(C)(C)n1cc(C(=O)Nc2ccnn2C2CCCc3ccccc32)nn1. The molecule has 7 nitrogen and oxygen atoms in total. The first kappa shape index (κ1) is 17.5. The van der Waals surface area contributed by atoms with Crippen LogP contribution >= 0.6 is 0 Å². The number of rotatable bonds is 3. The summed E-state index contributed by atoms with van der Waals surface area (Å²) < 4.78 is 3.60. The average molecular weight is 364 g/mol. The summed E-state index contributed by atoms with van der Waals surface area (Å²) in [5.41, 5.74) is 2.71. The summed E-state index contributed by atoms with van der Waals surface area (Å²) in [5.74, 6) is 0.392. The van der Waals surface area contributed by atoms with Crippen molar-refractivity contribution in [2.75, 3.05) is 5.32 Å². The molecule has 7 heteroatoms. The van der Waals surface area contributed by atoms with E-state index in [2.05, 4.69) is 45.0 Å². The number of nitrogens with one attached hydrogen (secondary N) is 1. The third-order valence-electron chi connectivity index (χ3n) is 4.96. The van der Waals surface area contributed by atoms with Crippen molar-refractivity contribution in [3.63, 3.8) is 0 Å². The number of aryl methyl sites for hydroxylation is 1. The number of amides is 1. The molecule has 27 heavy (non-hydrogen) atoms. The summed E-state index contributed by atoms with van der Waals surface area (Å²) in [6, 6.07) is 10.4. The smallest absolute Gasteiger partial charge is 0.278 e. The number of nitrogens with zero attached hydrogens (tertiary/aromatic N) is 5. The molecule has 1 N–H and O–H groups in total. The van der Waals surface area contributed by atoms with Gasteiger partial charge in [0.15, 0.2) is 5.69 Å². The van der Waals surface area contributed by atoms with Gasteiger partial charge in [-0.15, -0.1) is 5.10 Å². The van der Waals surface area contributed by atoms with E-state index in [4.69, 9.17) is 0 Å². The summed E-state index contributed by atoms with van der Waals surface area (Å²) >= 11 is 0. The highest BCUT2D eigenvalue weighted by molar-refractivity contribution is 6.02. The van der Waals surface area contributed by atoms with Crippen LogP contribution in [0.2, 0.25) is 0 Å². The molecule has 1 aliphatic rings. The van der Waals surface area contributed by atoms with Crippen molar-refractivity contribution >= 4 is 11.7 Å². The molecule has 1 unspecified atom stereocenters. The molecule has 2 aromatic heterocycles. The van der Waals surface area contributed by atoms with Crippen LogP contribution in [0.4, 0.5) is 5.82 Å². The zero-order chi connectivity index (χ0) is 19.0. The molecule has 1 aromatic carbocycles. The monoisotopic (exact) mass is 364 g/mol. The highest BCUT2D eigenvalue weighted by Gasteiger charge is 2.25. The fourth-order valence-corrected chi connectivity index (χ4v) is 3.52. The van der Waals surface area contributed by atoms with E-state index >= 15 is 0 Å². The van der Waals surface area contributed by atoms with E-state index in [9.17, 15) is 4.79 Å². The summed E-state index contributed by atoms with van der Waals surface area (Å²) in [5, 5.41) is 15.5. The van der Waals surface area contributed by atoms with Crippen molar-refractivity contribution in [2.24, 2.45) is 0 Å². The summed E-state index contributed by atoms with van der Waals surface area (Å²) in [6.07, 6.45) is 6.59. The first-order valence-electron chi connectivity index (χ1n) is 9.29. The topological polar surface area (TPSA) is 77.6 Å². The quantitative estimate of drug-likeness (QED) is 0.772. The molecule has 4 rings (SSSR count). The van der Waals surface area contributed by atoms with E-state index in [0.29, 0.717) is 11.5 Å². The van der Waals surface area contributed by atoms with E-state index in [1.807, 2.05) is 31.5 Å². The second-order valence-corrected chi connectivity index (χ2v) is 7.94. The molecule has 1 amide bonds. The van der Waals surface area contributed by atoms with E-state index in [0.717, 1.165) is 19.3 Å². The lowest BCUT2D eigenvalue weighted by molar-refractivity contribution is 0.102. The Morgan fingerprint density at radius 2 is 2.04 bits per heavy atom. The van der Waals surface area contributed by atoms with Gasteiger partial charge in [0.25, 0.3) is 5.91 Å². The van der Waals surface area contributed by atoms with Crippen LogP contribution in [-0.4, -0.2) is 30.7 Å². The van der Waals surface area contributed by atoms with Crippen LogP contribution in [0.3, 0.4) is 0 Å². The van der Waals surface area contributed by atoms with Crippen LogP contribution in [0.15, 0.2) is 42.7 Å². The van der Waals surface area contributed by atoms with Crippen molar-refractivity contribution in [3.8, 4) is 0 Å². The Kier molecular flexibility index (Phi) is 4.30. The Labute approximate surface area is 158 Å². The minimum absolute atomic E-state index is 0.130. The maximum atomic E-state index is 12.7. The second kappa shape index (κ2) is 6.64. The molecule has 0 radical (unpaired) electrons. The van der Waals surface area contributed by atoms with Crippen LogP contribution in [0.5, 0.6) is 0 Å². The predicted octanol–water partition coefficient (Wildman–Crippen LogP) is 3.41. The average Bonchev–Trinajstić information content (AvgIpc) is 3.30. The number of fused-ring (bicyclic) bond motifs is 1. The standard InChI is InChI=1S/C20H24N6O/c1-20(2,3)25-13-16(23-24-25)19(27)22-18-11-12-21-26(18)17-10-6-8-14-7-4-5-9-15(14)17/h4-5,7,9,11-13,17H,6,8,10H2,1-3H3,(H,22,27). The lowest BCUT2D eigenvalue weighted by Crippen LogP contribution is -2.23. The van der Waals surface area contributed by atoms with Crippen molar-refractivity contribution < 1.29 is 4.79 Å². The van der Waals surface area contributed by atoms with Crippen LogP contribution < -0.4 is 5.32 Å². The number of carbonyl (C=O) groups is 1. The lowest BCUT2D eigenvalue weighted by atomic mass is 9.88. The molecule has 0 aliphatic heterocycles. The first-order chi connectivity index (χ1) is 12.9. The highest BCUT2D eigenvalue weighted by atomic mass is 16.2. The molecular formula is C20H24N6O. The Balaban J connectivity index is 1.58. The number of aromatic nitrogens is 5. The Hall–Kier alpha value is -2.96. The van der Waals surface area contributed by atoms with Crippen molar-refractivity contribution in [1.82, 2.24) is 24.8 Å². The van der Waals surface area contributed by atoms with Crippen molar-refractivity contribution in [3.05, 3.63) is 59.5 Å². The van der Waals surface area contributed by atoms with E-state index in [1.165, 1.54) is 11.1 Å². The molecule has 0 spiro atoms. The Morgan fingerprint density at radius 3 is 2.81 bits per heavy atom. The number of benzene rings is 1. The van der Waals surface area contributed by atoms with Crippen LogP contribution in [-0.2, 0) is 12.0 Å².